The molecule has 0 saturated heterocycles. The van der Waals surface area contributed by atoms with Crippen LogP contribution in [0.3, 0.4) is 0 Å². The number of fused-ring (bicyclic) bond motifs is 1. The van der Waals surface area contributed by atoms with Crippen molar-refractivity contribution in [1.29, 1.82) is 0 Å². The fourth-order valence-electron chi connectivity index (χ4n) is 2.75. The molecule has 0 aliphatic carbocycles. The van der Waals surface area contributed by atoms with E-state index < -0.39 is 5.91 Å². The van der Waals surface area contributed by atoms with Gasteiger partial charge in [0.2, 0.25) is 5.91 Å². The number of hydrogen-bond acceptors (Lipinski definition) is 5. The first-order chi connectivity index (χ1) is 14.4. The second kappa shape index (κ2) is 8.47. The number of thiazole rings is 1. The Morgan fingerprint density at radius 3 is 2.67 bits per heavy atom. The van der Waals surface area contributed by atoms with Crippen molar-refractivity contribution in [2.75, 3.05) is 10.6 Å². The van der Waals surface area contributed by atoms with Crippen LogP contribution in [0.25, 0.3) is 21.5 Å². The van der Waals surface area contributed by atoms with Gasteiger partial charge in [-0.3, -0.25) is 9.59 Å². The normalized spacial score (nSPS) is 10.9. The Bertz CT molecular complexity index is 1270. The molecule has 0 saturated carbocycles. The number of amides is 2. The molecule has 0 bridgehead atoms. The Hall–Kier alpha value is -2.87. The summed E-state index contributed by atoms with van der Waals surface area (Å²) in [6, 6.07) is 13.6. The van der Waals surface area contributed by atoms with E-state index in [1.54, 1.807) is 55.5 Å². The zero-order valence-corrected chi connectivity index (χ0v) is 18.0. The van der Waals surface area contributed by atoms with Crippen molar-refractivity contribution in [2.24, 2.45) is 0 Å². The van der Waals surface area contributed by atoms with Crippen molar-refractivity contribution in [1.82, 2.24) is 4.98 Å². The topological polar surface area (TPSA) is 84.2 Å². The lowest BCUT2D eigenvalue weighted by molar-refractivity contribution is -0.115. The minimum absolute atomic E-state index is 0.100. The molecule has 2 heterocycles. The maximum Gasteiger partial charge on any atom is 0.291 e. The highest BCUT2D eigenvalue weighted by molar-refractivity contribution is 7.22. The summed E-state index contributed by atoms with van der Waals surface area (Å²) in [6.45, 7) is 1.78. The van der Waals surface area contributed by atoms with Crippen molar-refractivity contribution in [3.8, 4) is 11.3 Å². The predicted molar refractivity (Wildman–Crippen MR) is 121 cm³/mol. The van der Waals surface area contributed by atoms with Crippen LogP contribution >= 0.6 is 34.5 Å². The molecule has 30 heavy (non-hydrogen) atoms. The van der Waals surface area contributed by atoms with Crippen LogP contribution in [-0.4, -0.2) is 16.8 Å². The molecule has 2 N–H and O–H groups in total. The third kappa shape index (κ3) is 4.33. The van der Waals surface area contributed by atoms with Crippen molar-refractivity contribution in [3.05, 3.63) is 64.3 Å². The fourth-order valence-corrected chi connectivity index (χ4v) is 4.17. The summed E-state index contributed by atoms with van der Waals surface area (Å²) in [5.74, 6) is 0.124. The molecule has 0 aliphatic heterocycles. The molecule has 152 valence electrons. The summed E-state index contributed by atoms with van der Waals surface area (Å²) in [5, 5.41) is 7.02. The number of nitrogens with one attached hydrogen (secondary N) is 2. The Balaban J connectivity index is 1.51. The maximum absolute atomic E-state index is 12.6. The lowest BCUT2D eigenvalue weighted by Crippen LogP contribution is -2.10. The van der Waals surface area contributed by atoms with Crippen molar-refractivity contribution in [3.63, 3.8) is 0 Å². The number of carbonyl (C=O) groups is 2. The molecule has 0 fully saturated rings. The third-order valence-corrected chi connectivity index (χ3v) is 5.72. The highest BCUT2D eigenvalue weighted by Crippen LogP contribution is 2.32. The van der Waals surface area contributed by atoms with E-state index in [1.807, 2.05) is 0 Å². The molecular weight excluding hydrogens is 445 g/mol. The van der Waals surface area contributed by atoms with E-state index in [0.29, 0.717) is 38.6 Å². The average Bonchev–Trinajstić information content (AvgIpc) is 3.34. The van der Waals surface area contributed by atoms with Gasteiger partial charge in [0.15, 0.2) is 10.9 Å². The van der Waals surface area contributed by atoms with E-state index >= 15 is 0 Å². The standard InChI is InChI=1S/C21H15Cl2N3O3S/c1-2-19(27)26-21-25-15-6-4-12(10-18(15)30-21)24-20(28)17-8-7-16(29-17)13-5-3-11(22)9-14(13)23/h3-10H,2H2,1H3,(H,24,28)(H,25,26,27). The van der Waals surface area contributed by atoms with Gasteiger partial charge in [0.1, 0.15) is 5.76 Å². The zero-order valence-electron chi connectivity index (χ0n) is 15.7. The van der Waals surface area contributed by atoms with Gasteiger partial charge in [-0.1, -0.05) is 41.5 Å². The van der Waals surface area contributed by atoms with Gasteiger partial charge < -0.3 is 15.1 Å². The van der Waals surface area contributed by atoms with Crippen LogP contribution in [0.1, 0.15) is 23.9 Å². The summed E-state index contributed by atoms with van der Waals surface area (Å²) in [7, 11) is 0. The number of aromatic nitrogens is 1. The van der Waals surface area contributed by atoms with Gasteiger partial charge in [-0.15, -0.1) is 0 Å². The van der Waals surface area contributed by atoms with Crippen molar-refractivity contribution >= 4 is 67.4 Å². The van der Waals surface area contributed by atoms with Crippen LogP contribution in [0.15, 0.2) is 52.9 Å². The summed E-state index contributed by atoms with van der Waals surface area (Å²) in [4.78, 5) is 28.5. The van der Waals surface area contributed by atoms with E-state index in [1.165, 1.54) is 11.3 Å². The van der Waals surface area contributed by atoms with E-state index in [9.17, 15) is 9.59 Å². The van der Waals surface area contributed by atoms with Gasteiger partial charge in [-0.05, 0) is 48.5 Å². The number of benzene rings is 2. The van der Waals surface area contributed by atoms with Gasteiger partial charge >= 0.3 is 0 Å². The second-order valence-electron chi connectivity index (χ2n) is 6.35. The average molecular weight is 460 g/mol. The molecule has 0 spiro atoms. The van der Waals surface area contributed by atoms with Crippen molar-refractivity contribution < 1.29 is 14.0 Å². The maximum atomic E-state index is 12.6. The Labute approximate surface area is 185 Å². The Morgan fingerprint density at radius 2 is 1.90 bits per heavy atom. The molecule has 4 rings (SSSR count). The van der Waals surface area contributed by atoms with E-state index in [2.05, 4.69) is 15.6 Å². The van der Waals surface area contributed by atoms with Crippen molar-refractivity contribution in [2.45, 2.75) is 13.3 Å². The third-order valence-electron chi connectivity index (χ3n) is 4.24. The lowest BCUT2D eigenvalue weighted by Gasteiger charge is -2.04. The molecule has 2 aromatic heterocycles. The largest absolute Gasteiger partial charge is 0.451 e. The lowest BCUT2D eigenvalue weighted by atomic mass is 10.2. The number of halogens is 2. The number of rotatable bonds is 5. The Kier molecular flexibility index (Phi) is 5.76. The van der Waals surface area contributed by atoms with Gasteiger partial charge in [-0.25, -0.2) is 4.98 Å². The smallest absolute Gasteiger partial charge is 0.291 e. The van der Waals surface area contributed by atoms with E-state index in [4.69, 9.17) is 27.6 Å². The first-order valence-electron chi connectivity index (χ1n) is 9.00. The summed E-state index contributed by atoms with van der Waals surface area (Å²) in [6.07, 6.45) is 0.379. The van der Waals surface area contributed by atoms with E-state index in [-0.39, 0.29) is 11.7 Å². The summed E-state index contributed by atoms with van der Waals surface area (Å²) >= 11 is 13.5. The molecule has 2 amide bonds. The highest BCUT2D eigenvalue weighted by atomic mass is 35.5. The number of hydrogen-bond donors (Lipinski definition) is 2. The first-order valence-corrected chi connectivity index (χ1v) is 10.6. The second-order valence-corrected chi connectivity index (χ2v) is 8.22. The molecule has 0 aliphatic rings. The van der Waals surface area contributed by atoms with Crippen LogP contribution in [0.5, 0.6) is 0 Å². The number of furan rings is 1. The molecule has 0 unspecified atom stereocenters. The van der Waals surface area contributed by atoms with Crippen LogP contribution < -0.4 is 10.6 Å². The Morgan fingerprint density at radius 1 is 1.07 bits per heavy atom. The van der Waals surface area contributed by atoms with Crippen LogP contribution in [0, 0.1) is 0 Å². The number of anilines is 2. The summed E-state index contributed by atoms with van der Waals surface area (Å²) in [5.41, 5.74) is 1.97. The monoisotopic (exact) mass is 459 g/mol. The zero-order chi connectivity index (χ0) is 21.3. The fraction of sp³-hybridized carbons (Fsp3) is 0.0952. The molecule has 9 heteroatoms. The van der Waals surface area contributed by atoms with Crippen LogP contribution in [-0.2, 0) is 4.79 Å². The molecule has 2 aromatic carbocycles. The quantitative estimate of drug-likeness (QED) is 0.358. The molecule has 6 nitrogen and oxygen atoms in total. The number of nitrogens with zero attached hydrogens (tertiary/aromatic N) is 1. The minimum atomic E-state index is -0.394. The van der Waals surface area contributed by atoms with Crippen LogP contribution in [0.2, 0.25) is 10.0 Å². The van der Waals surface area contributed by atoms with Gasteiger partial charge in [0.05, 0.1) is 15.2 Å². The number of carbonyl (C=O) groups excluding carboxylic acids is 2. The molecular formula is C21H15Cl2N3O3S. The van der Waals surface area contributed by atoms with Gasteiger partial charge in [0.25, 0.3) is 5.91 Å². The van der Waals surface area contributed by atoms with E-state index in [0.717, 1.165) is 10.2 Å². The minimum Gasteiger partial charge on any atom is -0.451 e. The van der Waals surface area contributed by atoms with Gasteiger partial charge in [-0.2, -0.15) is 0 Å². The molecule has 4 aromatic rings. The SMILES string of the molecule is CCC(=O)Nc1nc2ccc(NC(=O)c3ccc(-c4ccc(Cl)cc4Cl)o3)cc2s1. The predicted octanol–water partition coefficient (Wildman–Crippen LogP) is 6.46. The first kappa shape index (κ1) is 20.4. The molecule has 0 atom stereocenters. The highest BCUT2D eigenvalue weighted by Gasteiger charge is 2.15. The van der Waals surface area contributed by atoms with Crippen LogP contribution in [0.4, 0.5) is 10.8 Å². The van der Waals surface area contributed by atoms with Gasteiger partial charge in [0, 0.05) is 22.7 Å². The summed E-state index contributed by atoms with van der Waals surface area (Å²) < 4.78 is 6.52. The molecule has 0 radical (unpaired) electrons.